The molecular formula is C28H32N2O5S. The molecule has 0 aliphatic carbocycles. The molecule has 7 nitrogen and oxygen atoms in total. The summed E-state index contributed by atoms with van der Waals surface area (Å²) in [6.45, 7) is 7.81. The summed E-state index contributed by atoms with van der Waals surface area (Å²) in [5, 5.41) is 10.9. The summed E-state index contributed by atoms with van der Waals surface area (Å²) in [5.74, 6) is 1.47. The van der Waals surface area contributed by atoms with Crippen molar-refractivity contribution in [2.45, 2.75) is 46.5 Å². The topological polar surface area (TPSA) is 93.7 Å². The standard InChI is InChI=1S/C28H32N2O5S/c1-4-7-19-14-20(28-30-27(33-5-2)18(3)36-28)8-11-25(19)35-13-6-12-34-22-9-10-24-23(16-22)21(17-29-24)15-26(31)32/h8-11,14,16-17,29H,4-7,12-13,15H2,1-3H3,(H,31,32). The molecule has 0 saturated heterocycles. The number of benzene rings is 2. The summed E-state index contributed by atoms with van der Waals surface area (Å²) in [7, 11) is 0. The average Bonchev–Trinajstić information content (AvgIpc) is 3.42. The van der Waals surface area contributed by atoms with Crippen molar-refractivity contribution in [1.82, 2.24) is 9.97 Å². The molecule has 190 valence electrons. The lowest BCUT2D eigenvalue weighted by Crippen LogP contribution is -2.06. The molecule has 0 aliphatic rings. The second kappa shape index (κ2) is 11.9. The monoisotopic (exact) mass is 508 g/mol. The highest BCUT2D eigenvalue weighted by atomic mass is 32.1. The molecule has 4 rings (SSSR count). The number of ether oxygens (including phenoxy) is 3. The van der Waals surface area contributed by atoms with E-state index in [4.69, 9.17) is 19.3 Å². The highest BCUT2D eigenvalue weighted by molar-refractivity contribution is 7.15. The van der Waals surface area contributed by atoms with Gasteiger partial charge in [-0.15, -0.1) is 11.3 Å². The van der Waals surface area contributed by atoms with Crippen molar-refractivity contribution < 1.29 is 24.1 Å². The van der Waals surface area contributed by atoms with Crippen LogP contribution in [0.4, 0.5) is 0 Å². The van der Waals surface area contributed by atoms with E-state index in [1.54, 1.807) is 17.5 Å². The second-order valence-corrected chi connectivity index (χ2v) is 9.73. The minimum absolute atomic E-state index is 0.0218. The first-order chi connectivity index (χ1) is 17.5. The van der Waals surface area contributed by atoms with Gasteiger partial charge in [0, 0.05) is 29.1 Å². The molecule has 0 saturated carbocycles. The van der Waals surface area contributed by atoms with Crippen LogP contribution >= 0.6 is 11.3 Å². The van der Waals surface area contributed by atoms with E-state index >= 15 is 0 Å². The maximum atomic E-state index is 11.1. The largest absolute Gasteiger partial charge is 0.493 e. The lowest BCUT2D eigenvalue weighted by Gasteiger charge is -2.13. The second-order valence-electron chi connectivity index (χ2n) is 8.53. The van der Waals surface area contributed by atoms with Crippen LogP contribution < -0.4 is 14.2 Å². The number of carbonyl (C=O) groups is 1. The molecule has 0 bridgehead atoms. The van der Waals surface area contributed by atoms with Gasteiger partial charge in [-0.05, 0) is 67.8 Å². The number of rotatable bonds is 13. The molecule has 36 heavy (non-hydrogen) atoms. The molecule has 0 unspecified atom stereocenters. The summed E-state index contributed by atoms with van der Waals surface area (Å²) >= 11 is 1.64. The third-order valence-corrected chi connectivity index (χ3v) is 6.76. The van der Waals surface area contributed by atoms with Gasteiger partial charge in [0.1, 0.15) is 16.5 Å². The Labute approximate surface area is 215 Å². The molecule has 8 heteroatoms. The Hall–Kier alpha value is -3.52. The fraction of sp³-hybridized carbons (Fsp3) is 0.357. The smallest absolute Gasteiger partial charge is 0.307 e. The number of thiazole rings is 1. The average molecular weight is 509 g/mol. The van der Waals surface area contributed by atoms with E-state index in [2.05, 4.69) is 29.0 Å². The molecule has 0 fully saturated rings. The Morgan fingerprint density at radius 2 is 1.89 bits per heavy atom. The quantitative estimate of drug-likeness (QED) is 0.202. The van der Waals surface area contributed by atoms with Crippen molar-refractivity contribution in [3.05, 3.63) is 58.6 Å². The summed E-state index contributed by atoms with van der Waals surface area (Å²) in [5.41, 5.74) is 3.90. The number of fused-ring (bicyclic) bond motifs is 1. The predicted octanol–water partition coefficient (Wildman–Crippen LogP) is 6.43. The van der Waals surface area contributed by atoms with E-state index in [1.165, 1.54) is 5.56 Å². The van der Waals surface area contributed by atoms with E-state index in [-0.39, 0.29) is 6.42 Å². The van der Waals surface area contributed by atoms with Crippen molar-refractivity contribution >= 4 is 28.2 Å². The Balaban J connectivity index is 1.34. The lowest BCUT2D eigenvalue weighted by molar-refractivity contribution is -0.136. The Bertz CT molecular complexity index is 1330. The van der Waals surface area contributed by atoms with Crippen molar-refractivity contribution in [3.8, 4) is 28.0 Å². The van der Waals surface area contributed by atoms with Crippen LogP contribution in [0.25, 0.3) is 21.5 Å². The van der Waals surface area contributed by atoms with Gasteiger partial charge in [-0.1, -0.05) is 13.3 Å². The molecular weight excluding hydrogens is 476 g/mol. The number of carboxylic acid groups (broad SMARTS) is 1. The van der Waals surface area contributed by atoms with Crippen LogP contribution in [-0.2, 0) is 17.6 Å². The van der Waals surface area contributed by atoms with Crippen molar-refractivity contribution in [2.75, 3.05) is 19.8 Å². The minimum atomic E-state index is -0.855. The number of hydrogen-bond donors (Lipinski definition) is 2. The fourth-order valence-electron chi connectivity index (χ4n) is 4.08. The molecule has 2 aromatic heterocycles. The van der Waals surface area contributed by atoms with E-state index < -0.39 is 5.97 Å². The van der Waals surface area contributed by atoms with Crippen LogP contribution in [0.3, 0.4) is 0 Å². The first-order valence-electron chi connectivity index (χ1n) is 12.3. The number of nitrogens with zero attached hydrogens (tertiary/aromatic N) is 1. The molecule has 0 atom stereocenters. The number of H-pyrrole nitrogens is 1. The molecule has 2 aromatic carbocycles. The van der Waals surface area contributed by atoms with Crippen LogP contribution in [0.2, 0.25) is 0 Å². The summed E-state index contributed by atoms with van der Waals surface area (Å²) in [6.07, 6.45) is 4.40. The van der Waals surface area contributed by atoms with Gasteiger partial charge in [-0.25, -0.2) is 4.98 Å². The van der Waals surface area contributed by atoms with Crippen LogP contribution in [0.5, 0.6) is 17.4 Å². The third kappa shape index (κ3) is 6.18. The maximum absolute atomic E-state index is 11.1. The molecule has 2 heterocycles. The lowest BCUT2D eigenvalue weighted by atomic mass is 10.1. The number of aromatic amines is 1. The zero-order valence-corrected chi connectivity index (χ0v) is 21.7. The predicted molar refractivity (Wildman–Crippen MR) is 143 cm³/mol. The Kier molecular flexibility index (Phi) is 8.48. The van der Waals surface area contributed by atoms with Gasteiger partial charge >= 0.3 is 5.97 Å². The number of nitrogens with one attached hydrogen (secondary N) is 1. The normalized spacial score (nSPS) is 11.1. The number of carboxylic acids is 1. The molecule has 0 spiro atoms. The molecule has 2 N–H and O–H groups in total. The molecule has 0 radical (unpaired) electrons. The van der Waals surface area contributed by atoms with Crippen LogP contribution in [0.1, 0.15) is 42.7 Å². The van der Waals surface area contributed by atoms with Crippen molar-refractivity contribution in [2.24, 2.45) is 0 Å². The number of aliphatic carboxylic acids is 1. The van der Waals surface area contributed by atoms with Crippen LogP contribution in [0, 0.1) is 6.92 Å². The molecule has 4 aromatic rings. The number of aromatic nitrogens is 2. The van der Waals surface area contributed by atoms with Gasteiger partial charge < -0.3 is 24.3 Å². The van der Waals surface area contributed by atoms with Gasteiger partial charge in [0.25, 0.3) is 0 Å². The highest BCUT2D eigenvalue weighted by Crippen LogP contribution is 2.34. The molecule has 0 aliphatic heterocycles. The van der Waals surface area contributed by atoms with Crippen LogP contribution in [0.15, 0.2) is 42.6 Å². The Morgan fingerprint density at radius 3 is 2.67 bits per heavy atom. The first kappa shape index (κ1) is 25.6. The zero-order chi connectivity index (χ0) is 25.5. The van der Waals surface area contributed by atoms with E-state index in [0.717, 1.165) is 62.7 Å². The zero-order valence-electron chi connectivity index (χ0n) is 20.9. The minimum Gasteiger partial charge on any atom is -0.493 e. The number of aryl methyl sites for hydroxylation is 2. The van der Waals surface area contributed by atoms with E-state index in [9.17, 15) is 4.79 Å². The van der Waals surface area contributed by atoms with Gasteiger partial charge in [0.05, 0.1) is 31.1 Å². The summed E-state index contributed by atoms with van der Waals surface area (Å²) in [4.78, 5) is 19.9. The van der Waals surface area contributed by atoms with Crippen molar-refractivity contribution in [1.29, 1.82) is 0 Å². The van der Waals surface area contributed by atoms with Gasteiger partial charge in [-0.3, -0.25) is 4.79 Å². The van der Waals surface area contributed by atoms with Crippen molar-refractivity contribution in [3.63, 3.8) is 0 Å². The van der Waals surface area contributed by atoms with Crippen LogP contribution in [-0.4, -0.2) is 40.9 Å². The summed E-state index contributed by atoms with van der Waals surface area (Å²) in [6, 6.07) is 11.9. The van der Waals surface area contributed by atoms with Gasteiger partial charge in [0.2, 0.25) is 5.88 Å². The SMILES string of the molecule is CCCc1cc(-c2nc(OCC)c(C)s2)ccc1OCCCOc1ccc2[nH]cc(CC(=O)O)c2c1. The summed E-state index contributed by atoms with van der Waals surface area (Å²) < 4.78 is 17.6. The third-order valence-electron chi connectivity index (χ3n) is 5.76. The van der Waals surface area contributed by atoms with Gasteiger partial charge in [-0.2, -0.15) is 0 Å². The first-order valence-corrected chi connectivity index (χ1v) is 13.1. The van der Waals surface area contributed by atoms with E-state index in [0.29, 0.717) is 25.7 Å². The fourth-order valence-corrected chi connectivity index (χ4v) is 4.94. The molecule has 0 amide bonds. The maximum Gasteiger partial charge on any atom is 0.307 e. The Morgan fingerprint density at radius 1 is 1.06 bits per heavy atom. The number of hydrogen-bond acceptors (Lipinski definition) is 6. The van der Waals surface area contributed by atoms with Gasteiger partial charge in [0.15, 0.2) is 0 Å². The van der Waals surface area contributed by atoms with E-state index in [1.807, 2.05) is 38.1 Å². The highest BCUT2D eigenvalue weighted by Gasteiger charge is 2.13.